The second kappa shape index (κ2) is 6.68. The fourth-order valence-corrected chi connectivity index (χ4v) is 2.42. The molecule has 1 aromatic rings. The van der Waals surface area contributed by atoms with Crippen molar-refractivity contribution in [2.24, 2.45) is 5.73 Å². The third kappa shape index (κ3) is 4.04. The molecule has 19 heavy (non-hydrogen) atoms. The zero-order chi connectivity index (χ0) is 14.5. The fourth-order valence-electron chi connectivity index (χ4n) is 1.65. The zero-order valence-electron chi connectivity index (χ0n) is 11.5. The van der Waals surface area contributed by atoms with Gasteiger partial charge in [-0.3, -0.25) is 4.79 Å². The number of hydrogen-bond donors (Lipinski definition) is 2. The summed E-state index contributed by atoms with van der Waals surface area (Å²) in [5, 5.41) is 4.92. The van der Waals surface area contributed by atoms with Gasteiger partial charge in [-0.1, -0.05) is 13.3 Å². The lowest BCUT2D eigenvalue weighted by Gasteiger charge is -2.22. The highest BCUT2D eigenvalue weighted by Crippen LogP contribution is 2.25. The number of nitrogens with two attached hydrogens (primary N) is 1. The molecule has 0 fully saturated rings. The Balaban J connectivity index is 2.81. The van der Waals surface area contributed by atoms with Crippen molar-refractivity contribution in [3.05, 3.63) is 17.0 Å². The zero-order valence-corrected chi connectivity index (χ0v) is 12.3. The van der Waals surface area contributed by atoms with E-state index in [1.54, 1.807) is 25.3 Å². The van der Waals surface area contributed by atoms with Gasteiger partial charge in [-0.2, -0.15) is 0 Å². The van der Waals surface area contributed by atoms with E-state index in [0.717, 1.165) is 6.42 Å². The van der Waals surface area contributed by atoms with E-state index >= 15 is 0 Å². The molecule has 0 saturated carbocycles. The highest BCUT2D eigenvalue weighted by Gasteiger charge is 2.28. The van der Waals surface area contributed by atoms with E-state index in [4.69, 9.17) is 10.5 Å². The first kappa shape index (κ1) is 15.7. The molecule has 1 amide bonds. The molecule has 3 N–H and O–H groups in total. The van der Waals surface area contributed by atoms with Gasteiger partial charge in [0.15, 0.2) is 0 Å². The molecule has 1 atom stereocenters. The van der Waals surface area contributed by atoms with Crippen LogP contribution in [-0.4, -0.2) is 24.0 Å². The summed E-state index contributed by atoms with van der Waals surface area (Å²) in [5.74, 6) is -0.726. The lowest BCUT2D eigenvalue weighted by Crippen LogP contribution is -2.48. The molecule has 6 heteroatoms. The normalized spacial score (nSPS) is 13.7. The summed E-state index contributed by atoms with van der Waals surface area (Å²) in [5.41, 5.74) is 5.38. The predicted octanol–water partition coefficient (Wildman–Crippen LogP) is 2.38. The smallest absolute Gasteiger partial charge is 0.341 e. The van der Waals surface area contributed by atoms with E-state index < -0.39 is 11.5 Å². The van der Waals surface area contributed by atoms with Crippen LogP contribution in [0.2, 0.25) is 0 Å². The minimum atomic E-state index is -0.940. The number of esters is 1. The second-order valence-corrected chi connectivity index (χ2v) is 5.42. The van der Waals surface area contributed by atoms with Crippen LogP contribution in [0.5, 0.6) is 0 Å². The molecule has 1 unspecified atom stereocenters. The molecule has 5 nitrogen and oxygen atoms in total. The van der Waals surface area contributed by atoms with E-state index in [1.165, 1.54) is 11.3 Å². The number of ether oxygens (including phenoxy) is 1. The summed E-state index contributed by atoms with van der Waals surface area (Å²) in [6.45, 7) is 5.68. The van der Waals surface area contributed by atoms with Crippen molar-refractivity contribution in [1.29, 1.82) is 0 Å². The van der Waals surface area contributed by atoms with Crippen molar-refractivity contribution in [2.45, 2.75) is 39.2 Å². The molecular formula is C13H20N2O3S. The number of rotatable bonds is 6. The van der Waals surface area contributed by atoms with Gasteiger partial charge in [-0.25, -0.2) is 4.79 Å². The minimum absolute atomic E-state index is 0.289. The van der Waals surface area contributed by atoms with Gasteiger partial charge in [-0.05, 0) is 31.7 Å². The van der Waals surface area contributed by atoms with E-state index in [2.05, 4.69) is 5.32 Å². The van der Waals surface area contributed by atoms with Crippen molar-refractivity contribution < 1.29 is 14.3 Å². The molecule has 0 aliphatic carbocycles. The number of nitrogens with one attached hydrogen (secondary N) is 1. The van der Waals surface area contributed by atoms with E-state index in [1.807, 2.05) is 6.92 Å². The topological polar surface area (TPSA) is 81.4 Å². The monoisotopic (exact) mass is 284 g/mol. The van der Waals surface area contributed by atoms with Crippen molar-refractivity contribution in [1.82, 2.24) is 0 Å². The Labute approximate surface area is 117 Å². The number of anilines is 1. The molecule has 1 rings (SSSR count). The van der Waals surface area contributed by atoms with Gasteiger partial charge in [0, 0.05) is 0 Å². The number of carbonyl (C=O) groups is 2. The van der Waals surface area contributed by atoms with Crippen molar-refractivity contribution >= 4 is 28.2 Å². The highest BCUT2D eigenvalue weighted by molar-refractivity contribution is 7.14. The largest absolute Gasteiger partial charge is 0.462 e. The lowest BCUT2D eigenvalue weighted by atomic mass is 9.96. The lowest BCUT2D eigenvalue weighted by molar-refractivity contribution is -0.120. The molecule has 0 radical (unpaired) electrons. The molecule has 0 aromatic carbocycles. The third-order valence-corrected chi connectivity index (χ3v) is 3.51. The molecule has 1 heterocycles. The van der Waals surface area contributed by atoms with Crippen molar-refractivity contribution in [3.8, 4) is 0 Å². The van der Waals surface area contributed by atoms with Crippen molar-refractivity contribution in [3.63, 3.8) is 0 Å². The summed E-state index contributed by atoms with van der Waals surface area (Å²) >= 11 is 1.28. The highest BCUT2D eigenvalue weighted by atomic mass is 32.1. The van der Waals surface area contributed by atoms with Gasteiger partial charge in [-0.15, -0.1) is 11.3 Å². The predicted molar refractivity (Wildman–Crippen MR) is 76.4 cm³/mol. The van der Waals surface area contributed by atoms with Gasteiger partial charge in [0.1, 0.15) is 5.00 Å². The average molecular weight is 284 g/mol. The van der Waals surface area contributed by atoms with Gasteiger partial charge in [0.05, 0.1) is 17.7 Å². The molecular weight excluding hydrogens is 264 g/mol. The number of amides is 1. The van der Waals surface area contributed by atoms with Crippen molar-refractivity contribution in [2.75, 3.05) is 11.9 Å². The van der Waals surface area contributed by atoms with Gasteiger partial charge >= 0.3 is 5.97 Å². The minimum Gasteiger partial charge on any atom is -0.462 e. The SMILES string of the molecule is CCCC(C)(N)C(=O)Nc1sccc1C(=O)OCC. The van der Waals surface area contributed by atoms with Crippen LogP contribution in [0.3, 0.4) is 0 Å². The Hall–Kier alpha value is -1.40. The Kier molecular flexibility index (Phi) is 5.50. The van der Waals surface area contributed by atoms with E-state index in [-0.39, 0.29) is 5.91 Å². The summed E-state index contributed by atoms with van der Waals surface area (Å²) in [7, 11) is 0. The standard InChI is InChI=1S/C13H20N2O3S/c1-4-7-13(3,14)12(17)15-10-9(6-8-19-10)11(16)18-5-2/h6,8H,4-5,7,14H2,1-3H3,(H,15,17). The average Bonchev–Trinajstić information content (AvgIpc) is 2.77. The van der Waals surface area contributed by atoms with Gasteiger partial charge in [0.2, 0.25) is 5.91 Å². The van der Waals surface area contributed by atoms with Gasteiger partial charge in [0.25, 0.3) is 0 Å². The summed E-state index contributed by atoms with van der Waals surface area (Å²) in [6.07, 6.45) is 1.40. The van der Waals surface area contributed by atoms with Crippen LogP contribution in [0, 0.1) is 0 Å². The first-order valence-corrected chi connectivity index (χ1v) is 7.15. The molecule has 0 bridgehead atoms. The summed E-state index contributed by atoms with van der Waals surface area (Å²) in [4.78, 5) is 23.8. The van der Waals surface area contributed by atoms with Crippen LogP contribution in [0.4, 0.5) is 5.00 Å². The van der Waals surface area contributed by atoms with E-state index in [9.17, 15) is 9.59 Å². The fraction of sp³-hybridized carbons (Fsp3) is 0.538. The van der Waals surface area contributed by atoms with Crippen LogP contribution in [-0.2, 0) is 9.53 Å². The molecule has 0 aliphatic heterocycles. The molecule has 1 aromatic heterocycles. The van der Waals surface area contributed by atoms with Gasteiger partial charge < -0.3 is 15.8 Å². The third-order valence-electron chi connectivity index (χ3n) is 2.68. The Morgan fingerprint density at radius 1 is 1.47 bits per heavy atom. The Morgan fingerprint density at radius 2 is 2.16 bits per heavy atom. The Morgan fingerprint density at radius 3 is 2.74 bits per heavy atom. The van der Waals surface area contributed by atoms with Crippen LogP contribution in [0.1, 0.15) is 44.0 Å². The van der Waals surface area contributed by atoms with Crippen LogP contribution < -0.4 is 11.1 Å². The second-order valence-electron chi connectivity index (χ2n) is 4.51. The first-order valence-electron chi connectivity index (χ1n) is 6.27. The van der Waals surface area contributed by atoms with E-state index in [0.29, 0.717) is 23.6 Å². The van der Waals surface area contributed by atoms with Crippen LogP contribution in [0.25, 0.3) is 0 Å². The number of carbonyl (C=O) groups excluding carboxylic acids is 2. The van der Waals surface area contributed by atoms with Crippen LogP contribution in [0.15, 0.2) is 11.4 Å². The maximum atomic E-state index is 12.1. The van der Waals surface area contributed by atoms with Crippen LogP contribution >= 0.6 is 11.3 Å². The molecule has 0 aliphatic rings. The number of thiophene rings is 1. The molecule has 0 spiro atoms. The molecule has 106 valence electrons. The quantitative estimate of drug-likeness (QED) is 0.786. The summed E-state index contributed by atoms with van der Waals surface area (Å²) in [6, 6.07) is 1.63. The molecule has 0 saturated heterocycles. The number of hydrogen-bond acceptors (Lipinski definition) is 5. The maximum absolute atomic E-state index is 12.1. The maximum Gasteiger partial charge on any atom is 0.341 e. The first-order chi connectivity index (χ1) is 8.92. The summed E-state index contributed by atoms with van der Waals surface area (Å²) < 4.78 is 4.93. The Bertz CT molecular complexity index is 454.